The summed E-state index contributed by atoms with van der Waals surface area (Å²) in [5.74, 6) is -0.275. The lowest BCUT2D eigenvalue weighted by Gasteiger charge is -2.30. The lowest BCUT2D eigenvalue weighted by molar-refractivity contribution is 0.0429. The van der Waals surface area contributed by atoms with Crippen molar-refractivity contribution in [3.63, 3.8) is 0 Å². The number of carbonyl (C=O) groups is 1. The fourth-order valence-corrected chi connectivity index (χ4v) is 2.22. The molecule has 0 atom stereocenters. The summed E-state index contributed by atoms with van der Waals surface area (Å²) in [6, 6.07) is 7.47. The molecule has 19 heavy (non-hydrogen) atoms. The number of hydrogen-bond donors (Lipinski definition) is 0. The zero-order chi connectivity index (χ0) is 13.9. The molecule has 1 saturated carbocycles. The second kappa shape index (κ2) is 5.61. The average Bonchev–Trinajstić information content (AvgIpc) is 3.20. The van der Waals surface area contributed by atoms with Crippen molar-refractivity contribution < 1.29 is 14.3 Å². The van der Waals surface area contributed by atoms with Gasteiger partial charge in [-0.05, 0) is 51.0 Å². The topological polar surface area (TPSA) is 38.8 Å². The van der Waals surface area contributed by atoms with Crippen LogP contribution < -0.4 is 4.90 Å². The maximum Gasteiger partial charge on any atom is 0.338 e. The molecule has 0 saturated heterocycles. The summed E-state index contributed by atoms with van der Waals surface area (Å²) in [5, 5.41) is 0. The Morgan fingerprint density at radius 3 is 2.32 bits per heavy atom. The lowest BCUT2D eigenvalue weighted by Crippen LogP contribution is -2.36. The van der Waals surface area contributed by atoms with Gasteiger partial charge in [0, 0.05) is 19.3 Å². The molecule has 1 fully saturated rings. The number of esters is 1. The van der Waals surface area contributed by atoms with Crippen molar-refractivity contribution in [2.24, 2.45) is 0 Å². The predicted molar refractivity (Wildman–Crippen MR) is 74.4 cm³/mol. The Hall–Kier alpha value is -1.55. The van der Waals surface area contributed by atoms with Gasteiger partial charge in [0.15, 0.2) is 0 Å². The Morgan fingerprint density at radius 2 is 1.84 bits per heavy atom. The van der Waals surface area contributed by atoms with Gasteiger partial charge in [0.1, 0.15) is 5.72 Å². The van der Waals surface area contributed by atoms with Crippen molar-refractivity contribution in [3.05, 3.63) is 29.8 Å². The molecule has 0 aliphatic heterocycles. The molecule has 1 aliphatic carbocycles. The van der Waals surface area contributed by atoms with Crippen LogP contribution in [0.15, 0.2) is 24.3 Å². The molecule has 0 heterocycles. The van der Waals surface area contributed by atoms with Gasteiger partial charge in [0.2, 0.25) is 0 Å². The van der Waals surface area contributed by atoms with E-state index in [4.69, 9.17) is 9.47 Å². The maximum atomic E-state index is 11.6. The zero-order valence-electron chi connectivity index (χ0n) is 11.8. The first-order valence-corrected chi connectivity index (χ1v) is 6.78. The molecule has 0 aromatic heterocycles. The number of anilines is 1. The van der Waals surface area contributed by atoms with E-state index in [2.05, 4.69) is 4.90 Å². The monoisotopic (exact) mass is 263 g/mol. The number of nitrogens with zero attached hydrogens (tertiary/aromatic N) is 1. The van der Waals surface area contributed by atoms with E-state index in [9.17, 15) is 4.79 Å². The van der Waals surface area contributed by atoms with E-state index in [1.54, 1.807) is 19.1 Å². The van der Waals surface area contributed by atoms with Crippen LogP contribution in [-0.4, -0.2) is 32.0 Å². The van der Waals surface area contributed by atoms with Crippen molar-refractivity contribution in [2.75, 3.05) is 25.2 Å². The highest BCUT2D eigenvalue weighted by Gasteiger charge is 2.47. The first-order chi connectivity index (χ1) is 9.13. The number of carbonyl (C=O) groups excluding carboxylic acids is 1. The molecule has 4 nitrogen and oxygen atoms in total. The van der Waals surface area contributed by atoms with Crippen LogP contribution in [0.25, 0.3) is 0 Å². The Labute approximate surface area is 114 Å². The van der Waals surface area contributed by atoms with Crippen LogP contribution in [0.4, 0.5) is 5.69 Å². The minimum atomic E-state index is -0.275. The van der Waals surface area contributed by atoms with E-state index in [-0.39, 0.29) is 11.7 Å². The van der Waals surface area contributed by atoms with Crippen molar-refractivity contribution in [1.82, 2.24) is 0 Å². The summed E-state index contributed by atoms with van der Waals surface area (Å²) in [5.41, 5.74) is 1.50. The number of rotatable bonds is 6. The highest BCUT2D eigenvalue weighted by atomic mass is 16.5. The van der Waals surface area contributed by atoms with E-state index >= 15 is 0 Å². The Bertz CT molecular complexity index is 437. The third-order valence-corrected chi connectivity index (χ3v) is 3.47. The molecule has 2 rings (SSSR count). The smallest absolute Gasteiger partial charge is 0.338 e. The van der Waals surface area contributed by atoms with Gasteiger partial charge in [-0.25, -0.2) is 4.79 Å². The Morgan fingerprint density at radius 1 is 1.21 bits per heavy atom. The Balaban J connectivity index is 2.08. The molecule has 104 valence electrons. The van der Waals surface area contributed by atoms with Gasteiger partial charge in [0.25, 0.3) is 0 Å². The number of hydrogen-bond acceptors (Lipinski definition) is 4. The molecular formula is C15H21NO3. The molecule has 0 amide bonds. The minimum absolute atomic E-state index is 0.139. The number of benzene rings is 1. The van der Waals surface area contributed by atoms with Crippen LogP contribution >= 0.6 is 0 Å². The summed E-state index contributed by atoms with van der Waals surface area (Å²) in [7, 11) is 2.03. The van der Waals surface area contributed by atoms with Crippen molar-refractivity contribution in [3.8, 4) is 0 Å². The summed E-state index contributed by atoms with van der Waals surface area (Å²) in [6.45, 7) is 4.93. The van der Waals surface area contributed by atoms with Crippen molar-refractivity contribution in [1.29, 1.82) is 0 Å². The molecule has 0 N–H and O–H groups in total. The van der Waals surface area contributed by atoms with Crippen LogP contribution in [0.5, 0.6) is 0 Å². The van der Waals surface area contributed by atoms with Gasteiger partial charge < -0.3 is 14.4 Å². The summed E-state index contributed by atoms with van der Waals surface area (Å²) in [4.78, 5) is 13.7. The quantitative estimate of drug-likeness (QED) is 0.584. The van der Waals surface area contributed by atoms with Crippen LogP contribution in [0.2, 0.25) is 0 Å². The van der Waals surface area contributed by atoms with Gasteiger partial charge in [-0.2, -0.15) is 0 Å². The third-order valence-electron chi connectivity index (χ3n) is 3.47. The fourth-order valence-electron chi connectivity index (χ4n) is 2.22. The van der Waals surface area contributed by atoms with Crippen LogP contribution in [0.3, 0.4) is 0 Å². The average molecular weight is 263 g/mol. The van der Waals surface area contributed by atoms with E-state index in [1.807, 2.05) is 26.1 Å². The van der Waals surface area contributed by atoms with E-state index in [0.29, 0.717) is 18.8 Å². The summed E-state index contributed by atoms with van der Waals surface area (Å²) in [6.07, 6.45) is 2.11. The summed E-state index contributed by atoms with van der Waals surface area (Å²) >= 11 is 0. The van der Waals surface area contributed by atoms with E-state index < -0.39 is 0 Å². The highest BCUT2D eigenvalue weighted by Crippen LogP contribution is 2.44. The maximum absolute atomic E-state index is 11.6. The van der Waals surface area contributed by atoms with Gasteiger partial charge in [-0.15, -0.1) is 0 Å². The summed E-state index contributed by atoms with van der Waals surface area (Å²) < 4.78 is 10.8. The second-order valence-electron chi connectivity index (χ2n) is 4.71. The molecule has 4 heteroatoms. The molecule has 0 unspecified atom stereocenters. The minimum Gasteiger partial charge on any atom is -0.462 e. The van der Waals surface area contributed by atoms with Crippen LogP contribution in [-0.2, 0) is 9.47 Å². The third kappa shape index (κ3) is 2.89. The molecule has 1 aliphatic rings. The Kier molecular flexibility index (Phi) is 4.10. The van der Waals surface area contributed by atoms with Crippen LogP contribution in [0, 0.1) is 0 Å². The zero-order valence-corrected chi connectivity index (χ0v) is 11.8. The predicted octanol–water partition coefficient (Wildman–Crippen LogP) is 2.83. The first-order valence-electron chi connectivity index (χ1n) is 6.78. The molecule has 0 bridgehead atoms. The van der Waals surface area contributed by atoms with Crippen molar-refractivity contribution >= 4 is 11.7 Å². The lowest BCUT2D eigenvalue weighted by atomic mass is 10.2. The van der Waals surface area contributed by atoms with Gasteiger partial charge in [0.05, 0.1) is 12.2 Å². The van der Waals surface area contributed by atoms with Gasteiger partial charge >= 0.3 is 5.97 Å². The van der Waals surface area contributed by atoms with Gasteiger partial charge in [-0.1, -0.05) is 0 Å². The highest BCUT2D eigenvalue weighted by molar-refractivity contribution is 5.89. The molecule has 1 aromatic carbocycles. The van der Waals surface area contributed by atoms with E-state index in [1.165, 1.54) is 0 Å². The molecule has 0 spiro atoms. The molecular weight excluding hydrogens is 242 g/mol. The number of ether oxygens (including phenoxy) is 2. The largest absolute Gasteiger partial charge is 0.462 e. The van der Waals surface area contributed by atoms with Crippen molar-refractivity contribution in [2.45, 2.75) is 32.4 Å². The molecule has 0 radical (unpaired) electrons. The van der Waals surface area contributed by atoms with Crippen LogP contribution in [0.1, 0.15) is 37.0 Å². The standard InChI is InChI=1S/C15H21NO3/c1-4-18-14(17)12-6-8-13(9-7-12)16(3)15(10-11-15)19-5-2/h6-9H,4-5,10-11H2,1-3H3. The second-order valence-corrected chi connectivity index (χ2v) is 4.71. The van der Waals surface area contributed by atoms with E-state index in [0.717, 1.165) is 18.5 Å². The normalized spacial score (nSPS) is 15.9. The fraction of sp³-hybridized carbons (Fsp3) is 0.533. The first kappa shape index (κ1) is 13.9. The SMILES string of the molecule is CCOC(=O)c1ccc(N(C)C2(OCC)CC2)cc1. The molecule has 1 aromatic rings. The van der Waals surface area contributed by atoms with Gasteiger partial charge in [-0.3, -0.25) is 0 Å².